The van der Waals surface area contributed by atoms with Crippen molar-refractivity contribution < 1.29 is 9.50 Å². The van der Waals surface area contributed by atoms with Gasteiger partial charge in [0.15, 0.2) is 0 Å². The maximum Gasteiger partial charge on any atom is 0.146 e. The number of hydrogen-bond donors (Lipinski definition) is 2. The molecule has 0 bridgehead atoms. The lowest BCUT2D eigenvalue weighted by atomic mass is 9.97. The Hall–Kier alpha value is -1.13. The lowest BCUT2D eigenvalue weighted by molar-refractivity contribution is 0.208. The third-order valence-corrected chi connectivity index (χ3v) is 3.91. The lowest BCUT2D eigenvalue weighted by Gasteiger charge is -2.35. The van der Waals surface area contributed by atoms with Crippen LogP contribution in [0.15, 0.2) is 18.2 Å². The largest absolute Gasteiger partial charge is 0.396 e. The summed E-state index contributed by atoms with van der Waals surface area (Å²) in [5.41, 5.74) is 1.73. The monoisotopic (exact) mass is 280 g/mol. The molecule has 1 atom stereocenters. The first-order valence-corrected chi connectivity index (χ1v) is 7.60. The van der Waals surface area contributed by atoms with E-state index in [0.717, 1.165) is 44.5 Å². The summed E-state index contributed by atoms with van der Waals surface area (Å²) >= 11 is 0. The Bertz CT molecular complexity index is 425. The maximum atomic E-state index is 14.2. The molecule has 1 unspecified atom stereocenters. The summed E-state index contributed by atoms with van der Waals surface area (Å²) in [6.07, 6.45) is 3.12. The Morgan fingerprint density at radius 3 is 3.05 bits per heavy atom. The molecule has 1 aromatic rings. The van der Waals surface area contributed by atoms with E-state index in [1.807, 2.05) is 6.07 Å². The number of aliphatic hydroxyl groups excluding tert-OH is 1. The average Bonchev–Trinajstić information content (AvgIpc) is 2.48. The van der Waals surface area contributed by atoms with Crippen LogP contribution in [0.1, 0.15) is 31.7 Å². The van der Waals surface area contributed by atoms with Crippen LogP contribution < -0.4 is 10.2 Å². The molecule has 0 aromatic heterocycles. The molecular formula is C16H25FN2O. The first kappa shape index (κ1) is 15.3. The molecule has 1 aliphatic heterocycles. The number of rotatable bonds is 6. The van der Waals surface area contributed by atoms with E-state index >= 15 is 0 Å². The van der Waals surface area contributed by atoms with Gasteiger partial charge < -0.3 is 15.3 Å². The van der Waals surface area contributed by atoms with Gasteiger partial charge in [-0.15, -0.1) is 0 Å². The number of anilines is 1. The summed E-state index contributed by atoms with van der Waals surface area (Å²) in [5, 5.41) is 12.7. The Morgan fingerprint density at radius 1 is 1.45 bits per heavy atom. The molecule has 3 nitrogen and oxygen atoms in total. The summed E-state index contributed by atoms with van der Waals surface area (Å²) in [6.45, 7) is 5.57. The molecule has 112 valence electrons. The number of aliphatic hydroxyl groups is 1. The lowest BCUT2D eigenvalue weighted by Crippen LogP contribution is -2.38. The van der Waals surface area contributed by atoms with E-state index in [1.54, 1.807) is 6.07 Å². The highest BCUT2D eigenvalue weighted by molar-refractivity contribution is 5.55. The maximum absolute atomic E-state index is 14.2. The van der Waals surface area contributed by atoms with E-state index < -0.39 is 0 Å². The zero-order chi connectivity index (χ0) is 14.4. The predicted octanol–water partition coefficient (Wildman–Crippen LogP) is 2.53. The first-order chi connectivity index (χ1) is 9.76. The van der Waals surface area contributed by atoms with Gasteiger partial charge in [0.05, 0.1) is 5.69 Å². The van der Waals surface area contributed by atoms with Crippen molar-refractivity contribution in [3.63, 3.8) is 0 Å². The van der Waals surface area contributed by atoms with E-state index in [9.17, 15) is 9.50 Å². The number of hydrogen-bond acceptors (Lipinski definition) is 3. The van der Waals surface area contributed by atoms with Gasteiger partial charge >= 0.3 is 0 Å². The Morgan fingerprint density at radius 2 is 2.30 bits per heavy atom. The second-order valence-corrected chi connectivity index (χ2v) is 5.56. The molecule has 1 saturated heterocycles. The molecular weight excluding hydrogens is 255 g/mol. The minimum absolute atomic E-state index is 0.153. The zero-order valence-electron chi connectivity index (χ0n) is 12.2. The molecule has 1 aromatic carbocycles. The van der Waals surface area contributed by atoms with Crippen LogP contribution in [0.25, 0.3) is 0 Å². The summed E-state index contributed by atoms with van der Waals surface area (Å²) in [6, 6.07) is 5.29. The SMILES string of the molecule is CCCNCc1cccc(F)c1N1CCCC(CO)C1. The van der Waals surface area contributed by atoms with Crippen LogP contribution in [0.4, 0.5) is 10.1 Å². The van der Waals surface area contributed by atoms with Crippen LogP contribution in [0.5, 0.6) is 0 Å². The second-order valence-electron chi connectivity index (χ2n) is 5.56. The normalized spacial score (nSPS) is 19.4. The van der Waals surface area contributed by atoms with Gasteiger partial charge in [-0.05, 0) is 43.4 Å². The summed E-state index contributed by atoms with van der Waals surface area (Å²) in [4.78, 5) is 2.10. The number of para-hydroxylation sites is 1. The minimum atomic E-state index is -0.153. The number of nitrogens with zero attached hydrogens (tertiary/aromatic N) is 1. The molecule has 1 fully saturated rings. The fourth-order valence-corrected chi connectivity index (χ4v) is 2.87. The smallest absolute Gasteiger partial charge is 0.146 e. The van der Waals surface area contributed by atoms with Crippen molar-refractivity contribution in [3.05, 3.63) is 29.6 Å². The Balaban J connectivity index is 2.15. The molecule has 4 heteroatoms. The average molecular weight is 280 g/mol. The number of benzene rings is 1. The predicted molar refractivity (Wildman–Crippen MR) is 80.4 cm³/mol. The van der Waals surface area contributed by atoms with Gasteiger partial charge in [0, 0.05) is 26.2 Å². The number of nitrogens with one attached hydrogen (secondary N) is 1. The highest BCUT2D eigenvalue weighted by atomic mass is 19.1. The van der Waals surface area contributed by atoms with Crippen molar-refractivity contribution in [2.75, 3.05) is 31.1 Å². The third kappa shape index (κ3) is 3.70. The standard InChI is InChI=1S/C16H25FN2O/c1-2-8-18-10-14-6-3-7-15(17)16(14)19-9-4-5-13(11-19)12-20/h3,6-7,13,18,20H,2,4-5,8-12H2,1H3. The van der Waals surface area contributed by atoms with Crippen molar-refractivity contribution in [3.8, 4) is 0 Å². The van der Waals surface area contributed by atoms with Gasteiger partial charge in [-0.2, -0.15) is 0 Å². The summed E-state index contributed by atoms with van der Waals surface area (Å²) < 4.78 is 14.2. The quantitative estimate of drug-likeness (QED) is 0.786. The highest BCUT2D eigenvalue weighted by Crippen LogP contribution is 2.29. The molecule has 2 N–H and O–H groups in total. The van der Waals surface area contributed by atoms with Gasteiger partial charge in [-0.3, -0.25) is 0 Å². The number of halogens is 1. The topological polar surface area (TPSA) is 35.5 Å². The Labute approximate surface area is 120 Å². The van der Waals surface area contributed by atoms with Gasteiger partial charge in [0.1, 0.15) is 5.82 Å². The fraction of sp³-hybridized carbons (Fsp3) is 0.625. The van der Waals surface area contributed by atoms with Gasteiger partial charge in [0.25, 0.3) is 0 Å². The van der Waals surface area contributed by atoms with Crippen LogP contribution >= 0.6 is 0 Å². The molecule has 2 rings (SSSR count). The molecule has 20 heavy (non-hydrogen) atoms. The van der Waals surface area contributed by atoms with E-state index in [2.05, 4.69) is 17.1 Å². The first-order valence-electron chi connectivity index (χ1n) is 7.60. The van der Waals surface area contributed by atoms with Crippen LogP contribution in [-0.4, -0.2) is 31.3 Å². The van der Waals surface area contributed by atoms with Crippen molar-refractivity contribution in [1.82, 2.24) is 5.32 Å². The van der Waals surface area contributed by atoms with E-state index in [4.69, 9.17) is 0 Å². The van der Waals surface area contributed by atoms with Gasteiger partial charge in [-0.25, -0.2) is 4.39 Å². The summed E-state index contributed by atoms with van der Waals surface area (Å²) in [5.74, 6) is 0.110. The fourth-order valence-electron chi connectivity index (χ4n) is 2.87. The molecule has 0 aliphatic carbocycles. The Kier molecular flexibility index (Phi) is 5.80. The van der Waals surface area contributed by atoms with E-state index in [1.165, 1.54) is 6.07 Å². The molecule has 1 aliphatic rings. The summed E-state index contributed by atoms with van der Waals surface area (Å²) in [7, 11) is 0. The molecule has 0 saturated carbocycles. The highest BCUT2D eigenvalue weighted by Gasteiger charge is 2.23. The van der Waals surface area contributed by atoms with Crippen LogP contribution in [-0.2, 0) is 6.54 Å². The molecule has 0 spiro atoms. The van der Waals surface area contributed by atoms with Crippen molar-refractivity contribution >= 4 is 5.69 Å². The van der Waals surface area contributed by atoms with Crippen molar-refractivity contribution in [2.24, 2.45) is 5.92 Å². The van der Waals surface area contributed by atoms with Crippen LogP contribution in [0.2, 0.25) is 0 Å². The number of piperidine rings is 1. The van der Waals surface area contributed by atoms with Gasteiger partial charge in [-0.1, -0.05) is 19.1 Å². The second kappa shape index (κ2) is 7.60. The minimum Gasteiger partial charge on any atom is -0.396 e. The molecule has 1 heterocycles. The van der Waals surface area contributed by atoms with Gasteiger partial charge in [0.2, 0.25) is 0 Å². The zero-order valence-corrected chi connectivity index (χ0v) is 12.2. The van der Waals surface area contributed by atoms with E-state index in [-0.39, 0.29) is 18.3 Å². The van der Waals surface area contributed by atoms with Crippen molar-refractivity contribution in [2.45, 2.75) is 32.7 Å². The van der Waals surface area contributed by atoms with E-state index in [0.29, 0.717) is 12.2 Å². The van der Waals surface area contributed by atoms with Crippen LogP contribution in [0, 0.1) is 11.7 Å². The van der Waals surface area contributed by atoms with Crippen LogP contribution in [0.3, 0.4) is 0 Å². The molecule has 0 radical (unpaired) electrons. The molecule has 0 amide bonds. The third-order valence-electron chi connectivity index (χ3n) is 3.91. The van der Waals surface area contributed by atoms with Crippen molar-refractivity contribution in [1.29, 1.82) is 0 Å².